The molecule has 39 heavy (non-hydrogen) atoms. The lowest BCUT2D eigenvalue weighted by molar-refractivity contribution is -0.121. The molecule has 0 atom stereocenters. The Morgan fingerprint density at radius 1 is 1.00 bits per heavy atom. The molecule has 1 aromatic heterocycles. The van der Waals surface area contributed by atoms with Gasteiger partial charge in [-0.2, -0.15) is 0 Å². The molecule has 5 rings (SSSR count). The number of methoxy groups -OCH3 is 1. The Morgan fingerprint density at radius 2 is 1.79 bits per heavy atom. The molecule has 0 radical (unpaired) electrons. The minimum atomic E-state index is -0.429. The molecule has 0 aliphatic carbocycles. The van der Waals surface area contributed by atoms with Crippen LogP contribution in [0.5, 0.6) is 17.2 Å². The highest BCUT2D eigenvalue weighted by molar-refractivity contribution is 6.03. The van der Waals surface area contributed by atoms with Gasteiger partial charge >= 0.3 is 0 Å². The van der Waals surface area contributed by atoms with Gasteiger partial charge in [0.15, 0.2) is 24.8 Å². The molecule has 0 saturated heterocycles. The van der Waals surface area contributed by atoms with Gasteiger partial charge in [0.25, 0.3) is 11.8 Å². The highest BCUT2D eigenvalue weighted by atomic mass is 16.5. The zero-order valence-electron chi connectivity index (χ0n) is 21.4. The molecule has 198 valence electrons. The van der Waals surface area contributed by atoms with Crippen molar-refractivity contribution in [1.29, 1.82) is 0 Å². The number of Topliss-reactive ketones (excluding diaryl/α,β-unsaturated/α-hetero) is 1. The molecule has 1 N–H and O–H groups in total. The second kappa shape index (κ2) is 11.1. The fraction of sp³-hybridized carbons (Fsp3) is 0.167. The van der Waals surface area contributed by atoms with Crippen LogP contribution in [0.25, 0.3) is 0 Å². The van der Waals surface area contributed by atoms with E-state index in [2.05, 4.69) is 5.32 Å². The lowest BCUT2D eigenvalue weighted by Crippen LogP contribution is -2.38. The average Bonchev–Trinajstić information content (AvgIpc) is 3.43. The maximum Gasteiger partial charge on any atom is 0.291 e. The van der Waals surface area contributed by atoms with Gasteiger partial charge < -0.3 is 23.9 Å². The number of anilines is 2. The Morgan fingerprint density at radius 3 is 2.56 bits per heavy atom. The number of nitrogens with zero attached hydrogens (tertiary/aromatic N) is 1. The van der Waals surface area contributed by atoms with E-state index in [9.17, 15) is 14.4 Å². The van der Waals surface area contributed by atoms with Gasteiger partial charge in [-0.25, -0.2) is 0 Å². The lowest BCUT2D eigenvalue weighted by atomic mass is 10.1. The van der Waals surface area contributed by atoms with Crippen LogP contribution in [0.2, 0.25) is 0 Å². The fourth-order valence-corrected chi connectivity index (χ4v) is 4.10. The van der Waals surface area contributed by atoms with E-state index < -0.39 is 5.91 Å². The summed E-state index contributed by atoms with van der Waals surface area (Å²) in [6.45, 7) is 1.66. The molecule has 9 nitrogen and oxygen atoms in total. The van der Waals surface area contributed by atoms with Crippen LogP contribution >= 0.6 is 0 Å². The first-order valence-electron chi connectivity index (χ1n) is 12.2. The van der Waals surface area contributed by atoms with E-state index in [1.54, 1.807) is 67.8 Å². The molecule has 9 heteroatoms. The zero-order chi connectivity index (χ0) is 27.4. The van der Waals surface area contributed by atoms with Crippen molar-refractivity contribution in [3.63, 3.8) is 0 Å². The van der Waals surface area contributed by atoms with Crippen LogP contribution < -0.4 is 24.4 Å². The maximum absolute atomic E-state index is 12.9. The van der Waals surface area contributed by atoms with E-state index in [0.717, 1.165) is 5.56 Å². The number of nitrogens with one attached hydrogen (secondary N) is 1. The smallest absolute Gasteiger partial charge is 0.291 e. The Labute approximate surface area is 224 Å². The van der Waals surface area contributed by atoms with Crippen molar-refractivity contribution in [3.8, 4) is 17.2 Å². The van der Waals surface area contributed by atoms with Crippen LogP contribution in [-0.2, 0) is 11.3 Å². The summed E-state index contributed by atoms with van der Waals surface area (Å²) in [5.41, 5.74) is 2.33. The predicted octanol–water partition coefficient (Wildman–Crippen LogP) is 5.04. The minimum Gasteiger partial charge on any atom is -0.497 e. The van der Waals surface area contributed by atoms with E-state index in [4.69, 9.17) is 18.6 Å². The van der Waals surface area contributed by atoms with Gasteiger partial charge in [-0.1, -0.05) is 18.2 Å². The highest BCUT2D eigenvalue weighted by Gasteiger charge is 2.28. The van der Waals surface area contributed by atoms with Crippen LogP contribution in [0.4, 0.5) is 11.4 Å². The summed E-state index contributed by atoms with van der Waals surface area (Å²) >= 11 is 0. The number of ether oxygens (including phenoxy) is 3. The molecule has 1 aliphatic rings. The molecule has 2 amide bonds. The van der Waals surface area contributed by atoms with Gasteiger partial charge in [0.05, 0.1) is 19.3 Å². The SMILES string of the molecule is COc1ccc(NC(=O)c2ccc(CN3C(=O)COc4ccc(C(=O)COc5ccccc5C)cc43)o2)cc1. The molecule has 3 aromatic carbocycles. The predicted molar refractivity (Wildman–Crippen MR) is 144 cm³/mol. The number of furan rings is 1. The molecule has 0 bridgehead atoms. The summed E-state index contributed by atoms with van der Waals surface area (Å²) in [6, 6.07) is 22.4. The van der Waals surface area contributed by atoms with Crippen molar-refractivity contribution in [2.24, 2.45) is 0 Å². The number of ketones is 1. The number of aryl methyl sites for hydroxylation is 1. The van der Waals surface area contributed by atoms with Crippen molar-refractivity contribution < 1.29 is 33.0 Å². The first-order valence-corrected chi connectivity index (χ1v) is 12.2. The summed E-state index contributed by atoms with van der Waals surface area (Å²) < 4.78 is 22.1. The minimum absolute atomic E-state index is 0.0579. The number of para-hydroxylation sites is 1. The normalized spacial score (nSPS) is 12.4. The first kappa shape index (κ1) is 25.6. The van der Waals surface area contributed by atoms with Crippen LogP contribution in [0.1, 0.15) is 32.2 Å². The number of carbonyl (C=O) groups is 3. The molecular formula is C30H26N2O7. The quantitative estimate of drug-likeness (QED) is 0.305. The number of hydrogen-bond donors (Lipinski definition) is 1. The molecule has 4 aromatic rings. The van der Waals surface area contributed by atoms with Gasteiger partial charge in [-0.05, 0) is 73.2 Å². The van der Waals surface area contributed by atoms with Gasteiger partial charge in [-0.15, -0.1) is 0 Å². The van der Waals surface area contributed by atoms with Crippen LogP contribution in [0, 0.1) is 6.92 Å². The van der Waals surface area contributed by atoms with Gasteiger partial charge in [-0.3, -0.25) is 19.3 Å². The number of fused-ring (bicyclic) bond motifs is 1. The molecule has 0 unspecified atom stereocenters. The third-order valence-electron chi connectivity index (χ3n) is 6.22. The number of hydrogen-bond acceptors (Lipinski definition) is 7. The van der Waals surface area contributed by atoms with E-state index in [-0.39, 0.29) is 37.2 Å². The molecule has 1 aliphatic heterocycles. The van der Waals surface area contributed by atoms with Crippen molar-refractivity contribution in [2.45, 2.75) is 13.5 Å². The lowest BCUT2D eigenvalue weighted by Gasteiger charge is -2.29. The molecule has 2 heterocycles. The summed E-state index contributed by atoms with van der Waals surface area (Å²) in [6.07, 6.45) is 0. The second-order valence-corrected chi connectivity index (χ2v) is 8.88. The van der Waals surface area contributed by atoms with E-state index in [0.29, 0.717) is 39.9 Å². The molecular weight excluding hydrogens is 500 g/mol. The number of rotatable bonds is 9. The largest absolute Gasteiger partial charge is 0.497 e. The van der Waals surface area contributed by atoms with Gasteiger partial charge in [0, 0.05) is 11.3 Å². The van der Waals surface area contributed by atoms with Crippen LogP contribution in [0.3, 0.4) is 0 Å². The average molecular weight is 527 g/mol. The Hall–Kier alpha value is -5.05. The number of carbonyl (C=O) groups excluding carboxylic acids is 3. The monoisotopic (exact) mass is 526 g/mol. The summed E-state index contributed by atoms with van der Waals surface area (Å²) in [4.78, 5) is 39.8. The van der Waals surface area contributed by atoms with Crippen molar-refractivity contribution in [3.05, 3.63) is 102 Å². The van der Waals surface area contributed by atoms with E-state index in [1.165, 1.54) is 4.90 Å². The van der Waals surface area contributed by atoms with Crippen molar-refractivity contribution >= 4 is 29.0 Å². The second-order valence-electron chi connectivity index (χ2n) is 8.88. The third-order valence-corrected chi connectivity index (χ3v) is 6.22. The number of benzene rings is 3. The Balaban J connectivity index is 1.29. The summed E-state index contributed by atoms with van der Waals surface area (Å²) in [5, 5.41) is 2.76. The standard InChI is InChI=1S/C30H26N2O7/c1-19-5-3-4-6-26(19)37-17-25(33)20-7-13-27-24(15-20)32(29(34)18-38-27)16-23-12-14-28(39-23)30(35)31-21-8-10-22(36-2)11-9-21/h3-15H,16-18H2,1-2H3,(H,31,35). The topological polar surface area (TPSA) is 107 Å². The van der Waals surface area contributed by atoms with Crippen LogP contribution in [0.15, 0.2) is 83.3 Å². The Bertz CT molecular complexity index is 1520. The van der Waals surface area contributed by atoms with E-state index in [1.807, 2.05) is 25.1 Å². The molecule has 0 saturated carbocycles. The Kier molecular flexibility index (Phi) is 7.31. The molecule has 0 spiro atoms. The summed E-state index contributed by atoms with van der Waals surface area (Å²) in [7, 11) is 1.56. The summed E-state index contributed by atoms with van der Waals surface area (Å²) in [5.74, 6) is 1.30. The van der Waals surface area contributed by atoms with E-state index >= 15 is 0 Å². The van der Waals surface area contributed by atoms with Crippen molar-refractivity contribution in [2.75, 3.05) is 30.5 Å². The first-order chi connectivity index (χ1) is 18.9. The van der Waals surface area contributed by atoms with Crippen LogP contribution in [-0.4, -0.2) is 37.9 Å². The highest BCUT2D eigenvalue weighted by Crippen LogP contribution is 2.34. The maximum atomic E-state index is 12.9. The third kappa shape index (κ3) is 5.77. The van der Waals surface area contributed by atoms with Gasteiger partial charge in [0.2, 0.25) is 0 Å². The molecule has 0 fully saturated rings. The van der Waals surface area contributed by atoms with Gasteiger partial charge in [0.1, 0.15) is 23.0 Å². The fourth-order valence-electron chi connectivity index (χ4n) is 4.10. The number of amides is 2. The zero-order valence-corrected chi connectivity index (χ0v) is 21.4. The van der Waals surface area contributed by atoms with Crippen molar-refractivity contribution in [1.82, 2.24) is 0 Å².